The molecule has 4 nitrogen and oxygen atoms in total. The second-order valence-electron chi connectivity index (χ2n) is 4.44. The highest BCUT2D eigenvalue weighted by molar-refractivity contribution is 5.95. The molecule has 2 rings (SSSR count). The van der Waals surface area contributed by atoms with Crippen LogP contribution in [0.4, 0.5) is 0 Å². The normalized spacial score (nSPS) is 10.2. The van der Waals surface area contributed by atoms with Crippen molar-refractivity contribution >= 4 is 5.91 Å². The minimum Gasteiger partial charge on any atom is -0.351 e. The molecule has 104 valence electrons. The summed E-state index contributed by atoms with van der Waals surface area (Å²) >= 11 is 0. The van der Waals surface area contributed by atoms with E-state index in [9.17, 15) is 4.79 Å². The Morgan fingerprint density at radius 2 is 1.90 bits per heavy atom. The second kappa shape index (κ2) is 7.40. The van der Waals surface area contributed by atoms with Gasteiger partial charge in [-0.05, 0) is 18.2 Å². The summed E-state index contributed by atoms with van der Waals surface area (Å²) in [5.41, 5.74) is 2.59. The van der Waals surface area contributed by atoms with Crippen LogP contribution in [0.25, 0.3) is 11.1 Å². The van der Waals surface area contributed by atoms with Gasteiger partial charge in [-0.15, -0.1) is 0 Å². The number of hydrogen-bond acceptors (Lipinski definition) is 3. The highest BCUT2D eigenvalue weighted by Crippen LogP contribution is 2.18. The number of rotatable bonds is 6. The van der Waals surface area contributed by atoms with Gasteiger partial charge in [0.15, 0.2) is 0 Å². The number of benzene rings is 1. The molecule has 0 aliphatic heterocycles. The highest BCUT2D eigenvalue weighted by Gasteiger charge is 2.07. The predicted octanol–water partition coefficient (Wildman–Crippen LogP) is 2.09. The fourth-order valence-corrected chi connectivity index (χ4v) is 1.90. The predicted molar refractivity (Wildman–Crippen MR) is 80.5 cm³/mol. The fourth-order valence-electron chi connectivity index (χ4n) is 1.90. The minimum atomic E-state index is -0.0896. The van der Waals surface area contributed by atoms with Gasteiger partial charge < -0.3 is 10.6 Å². The van der Waals surface area contributed by atoms with Gasteiger partial charge in [-0.2, -0.15) is 0 Å². The Morgan fingerprint density at radius 3 is 2.65 bits per heavy atom. The van der Waals surface area contributed by atoms with Gasteiger partial charge in [-0.3, -0.25) is 9.78 Å². The number of nitrogens with one attached hydrogen (secondary N) is 2. The monoisotopic (exact) mass is 269 g/mol. The lowest BCUT2D eigenvalue weighted by Gasteiger charge is -2.07. The van der Waals surface area contributed by atoms with Crippen LogP contribution in [-0.4, -0.2) is 30.5 Å². The highest BCUT2D eigenvalue weighted by atomic mass is 16.1. The first kappa shape index (κ1) is 14.2. The molecule has 1 aromatic carbocycles. The Balaban J connectivity index is 2.04. The molecule has 0 fully saturated rings. The molecule has 0 saturated carbocycles. The molecule has 0 bridgehead atoms. The van der Waals surface area contributed by atoms with Crippen LogP contribution in [0, 0.1) is 0 Å². The molecule has 20 heavy (non-hydrogen) atoms. The summed E-state index contributed by atoms with van der Waals surface area (Å²) in [6.45, 7) is 4.33. The summed E-state index contributed by atoms with van der Waals surface area (Å²) in [6, 6.07) is 11.8. The Kier molecular flexibility index (Phi) is 5.26. The van der Waals surface area contributed by atoms with Crippen molar-refractivity contribution in [3.8, 4) is 11.1 Å². The van der Waals surface area contributed by atoms with Gasteiger partial charge >= 0.3 is 0 Å². The van der Waals surface area contributed by atoms with E-state index in [2.05, 4.69) is 15.6 Å². The molecule has 2 N–H and O–H groups in total. The number of carbonyl (C=O) groups excluding carboxylic acids is 1. The SMILES string of the molecule is CCNCCNC(=O)c1cncc(-c2ccccc2)c1. The van der Waals surface area contributed by atoms with E-state index >= 15 is 0 Å². The maximum Gasteiger partial charge on any atom is 0.252 e. The lowest BCUT2D eigenvalue weighted by molar-refractivity contribution is 0.0953. The Labute approximate surface area is 119 Å². The number of carbonyl (C=O) groups is 1. The van der Waals surface area contributed by atoms with Crippen molar-refractivity contribution in [3.05, 3.63) is 54.4 Å². The molecule has 1 heterocycles. The van der Waals surface area contributed by atoms with Crippen LogP contribution >= 0.6 is 0 Å². The molecular formula is C16H19N3O. The maximum atomic E-state index is 12.0. The molecule has 0 spiro atoms. The molecule has 0 saturated heterocycles. The first-order valence-electron chi connectivity index (χ1n) is 6.80. The average Bonchev–Trinajstić information content (AvgIpc) is 2.52. The largest absolute Gasteiger partial charge is 0.351 e. The first-order chi connectivity index (χ1) is 9.81. The molecule has 1 amide bonds. The standard InChI is InChI=1S/C16H19N3O/c1-2-17-8-9-19-16(20)15-10-14(11-18-12-15)13-6-4-3-5-7-13/h3-7,10-12,17H,2,8-9H2,1H3,(H,19,20). The van der Waals surface area contributed by atoms with E-state index in [0.29, 0.717) is 12.1 Å². The molecule has 4 heteroatoms. The van der Waals surface area contributed by atoms with Crippen molar-refractivity contribution in [2.45, 2.75) is 6.92 Å². The van der Waals surface area contributed by atoms with Crippen molar-refractivity contribution in [1.82, 2.24) is 15.6 Å². The van der Waals surface area contributed by atoms with Crippen LogP contribution < -0.4 is 10.6 Å². The zero-order valence-corrected chi connectivity index (χ0v) is 11.6. The van der Waals surface area contributed by atoms with Crippen molar-refractivity contribution in [2.24, 2.45) is 0 Å². The zero-order valence-electron chi connectivity index (χ0n) is 11.6. The second-order valence-corrected chi connectivity index (χ2v) is 4.44. The van der Waals surface area contributed by atoms with E-state index in [0.717, 1.165) is 24.2 Å². The van der Waals surface area contributed by atoms with Crippen molar-refractivity contribution in [1.29, 1.82) is 0 Å². The fraction of sp³-hybridized carbons (Fsp3) is 0.250. The Morgan fingerprint density at radius 1 is 1.10 bits per heavy atom. The van der Waals surface area contributed by atoms with Crippen LogP contribution in [0.1, 0.15) is 17.3 Å². The number of hydrogen-bond donors (Lipinski definition) is 2. The number of aromatic nitrogens is 1. The van der Waals surface area contributed by atoms with E-state index < -0.39 is 0 Å². The Bertz CT molecular complexity index is 555. The molecule has 0 atom stereocenters. The van der Waals surface area contributed by atoms with Crippen LogP contribution in [-0.2, 0) is 0 Å². The lowest BCUT2D eigenvalue weighted by atomic mass is 10.1. The van der Waals surface area contributed by atoms with Crippen molar-refractivity contribution in [2.75, 3.05) is 19.6 Å². The van der Waals surface area contributed by atoms with Crippen molar-refractivity contribution in [3.63, 3.8) is 0 Å². The first-order valence-corrected chi connectivity index (χ1v) is 6.80. The van der Waals surface area contributed by atoms with Gasteiger partial charge in [0.1, 0.15) is 0 Å². The van der Waals surface area contributed by atoms with Gasteiger partial charge in [0, 0.05) is 31.0 Å². The average molecular weight is 269 g/mol. The van der Waals surface area contributed by atoms with E-state index in [1.807, 2.05) is 43.3 Å². The number of nitrogens with zero attached hydrogens (tertiary/aromatic N) is 1. The summed E-state index contributed by atoms with van der Waals surface area (Å²) in [4.78, 5) is 16.2. The molecule has 0 aliphatic rings. The molecule has 0 unspecified atom stereocenters. The van der Waals surface area contributed by atoms with E-state index in [1.165, 1.54) is 0 Å². The van der Waals surface area contributed by atoms with Crippen LogP contribution in [0.15, 0.2) is 48.8 Å². The van der Waals surface area contributed by atoms with Gasteiger partial charge in [0.05, 0.1) is 5.56 Å². The number of pyridine rings is 1. The summed E-state index contributed by atoms with van der Waals surface area (Å²) in [7, 11) is 0. The van der Waals surface area contributed by atoms with E-state index in [1.54, 1.807) is 12.4 Å². The van der Waals surface area contributed by atoms with E-state index in [-0.39, 0.29) is 5.91 Å². The summed E-state index contributed by atoms with van der Waals surface area (Å²) in [6.07, 6.45) is 3.36. The van der Waals surface area contributed by atoms with Crippen LogP contribution in [0.3, 0.4) is 0 Å². The quantitative estimate of drug-likeness (QED) is 0.790. The van der Waals surface area contributed by atoms with Gasteiger partial charge in [0.25, 0.3) is 5.91 Å². The van der Waals surface area contributed by atoms with Crippen LogP contribution in [0.2, 0.25) is 0 Å². The van der Waals surface area contributed by atoms with Gasteiger partial charge in [-0.25, -0.2) is 0 Å². The third-order valence-corrected chi connectivity index (χ3v) is 2.94. The molecule has 2 aromatic rings. The topological polar surface area (TPSA) is 54.0 Å². The third kappa shape index (κ3) is 3.90. The molecule has 1 aromatic heterocycles. The third-order valence-electron chi connectivity index (χ3n) is 2.94. The molecule has 0 radical (unpaired) electrons. The van der Waals surface area contributed by atoms with Gasteiger partial charge in [0.2, 0.25) is 0 Å². The smallest absolute Gasteiger partial charge is 0.252 e. The van der Waals surface area contributed by atoms with Crippen LogP contribution in [0.5, 0.6) is 0 Å². The summed E-state index contributed by atoms with van der Waals surface area (Å²) in [5, 5.41) is 6.03. The van der Waals surface area contributed by atoms with Gasteiger partial charge in [-0.1, -0.05) is 37.3 Å². The Hall–Kier alpha value is -2.20. The van der Waals surface area contributed by atoms with Crippen molar-refractivity contribution < 1.29 is 4.79 Å². The zero-order chi connectivity index (χ0) is 14.2. The molecular weight excluding hydrogens is 250 g/mol. The molecule has 0 aliphatic carbocycles. The summed E-state index contributed by atoms with van der Waals surface area (Å²) in [5.74, 6) is -0.0896. The van der Waals surface area contributed by atoms with E-state index in [4.69, 9.17) is 0 Å². The number of likely N-dealkylation sites (N-methyl/N-ethyl adjacent to an activating group) is 1. The minimum absolute atomic E-state index is 0.0896. The maximum absolute atomic E-state index is 12.0. The lowest BCUT2D eigenvalue weighted by Crippen LogP contribution is -2.31. The summed E-state index contributed by atoms with van der Waals surface area (Å²) < 4.78 is 0. The number of amides is 1.